The van der Waals surface area contributed by atoms with Crippen LogP contribution in [0, 0.1) is 17.0 Å². The number of carbonyl (C=O) groups excluding carboxylic acids is 1. The molecule has 202 valence electrons. The molecule has 0 amide bonds. The van der Waals surface area contributed by atoms with Gasteiger partial charge in [0.1, 0.15) is 0 Å². The fourth-order valence-electron chi connectivity index (χ4n) is 4.86. The van der Waals surface area contributed by atoms with Crippen LogP contribution in [-0.4, -0.2) is 48.4 Å². The number of non-ortho nitro benzene ring substituents is 1. The molecule has 2 aliphatic rings. The van der Waals surface area contributed by atoms with Gasteiger partial charge in [-0.25, -0.2) is 9.79 Å². The van der Waals surface area contributed by atoms with Crippen LogP contribution in [0.2, 0.25) is 0 Å². The molecule has 2 aromatic carbocycles. The lowest BCUT2D eigenvalue weighted by molar-refractivity contribution is -0.384. The Labute approximate surface area is 228 Å². The molecule has 0 saturated carbocycles. The first-order valence-corrected chi connectivity index (χ1v) is 13.5. The first-order chi connectivity index (χ1) is 18.8. The summed E-state index contributed by atoms with van der Waals surface area (Å²) in [4.78, 5) is 45.3. The maximum atomic E-state index is 13.9. The molecule has 1 saturated heterocycles. The zero-order chi connectivity index (χ0) is 27.7. The van der Waals surface area contributed by atoms with E-state index in [0.717, 1.165) is 16.8 Å². The highest BCUT2D eigenvalue weighted by atomic mass is 32.1. The van der Waals surface area contributed by atoms with Crippen LogP contribution in [0.1, 0.15) is 36.6 Å². The van der Waals surface area contributed by atoms with Crippen molar-refractivity contribution in [3.63, 3.8) is 0 Å². The van der Waals surface area contributed by atoms with E-state index in [1.807, 2.05) is 31.2 Å². The van der Waals surface area contributed by atoms with Gasteiger partial charge in [0.2, 0.25) is 0 Å². The quantitative estimate of drug-likeness (QED) is 0.264. The van der Waals surface area contributed by atoms with E-state index in [4.69, 9.17) is 9.47 Å². The van der Waals surface area contributed by atoms with E-state index in [0.29, 0.717) is 52.5 Å². The van der Waals surface area contributed by atoms with E-state index in [1.54, 1.807) is 26.0 Å². The number of ether oxygens (including phenoxy) is 2. The van der Waals surface area contributed by atoms with Crippen molar-refractivity contribution >= 4 is 34.8 Å². The van der Waals surface area contributed by atoms with E-state index in [2.05, 4.69) is 9.89 Å². The fraction of sp³-hybridized carbons (Fsp3) is 0.321. The average Bonchev–Trinajstić information content (AvgIpc) is 3.23. The Morgan fingerprint density at radius 3 is 2.59 bits per heavy atom. The van der Waals surface area contributed by atoms with Crippen LogP contribution in [-0.2, 0) is 14.3 Å². The molecule has 1 fully saturated rings. The maximum Gasteiger partial charge on any atom is 0.338 e. The van der Waals surface area contributed by atoms with Crippen LogP contribution in [0.15, 0.2) is 63.5 Å². The number of fused-ring (bicyclic) bond motifs is 1. The number of nitrogens with zero attached hydrogens (tertiary/aromatic N) is 4. The number of rotatable bonds is 6. The van der Waals surface area contributed by atoms with Crippen LogP contribution in [0.25, 0.3) is 6.08 Å². The van der Waals surface area contributed by atoms with Crippen molar-refractivity contribution in [1.29, 1.82) is 0 Å². The number of anilines is 1. The van der Waals surface area contributed by atoms with Gasteiger partial charge in [-0.05, 0) is 38.5 Å². The molecule has 0 aliphatic carbocycles. The summed E-state index contributed by atoms with van der Waals surface area (Å²) in [6.45, 7) is 7.99. The van der Waals surface area contributed by atoms with Crippen LogP contribution in [0.4, 0.5) is 11.4 Å². The van der Waals surface area contributed by atoms with Gasteiger partial charge in [0, 0.05) is 36.5 Å². The Balaban J connectivity index is 1.71. The zero-order valence-corrected chi connectivity index (χ0v) is 22.7. The molecule has 0 spiro atoms. The third-order valence-corrected chi connectivity index (χ3v) is 7.75. The number of hydrogen-bond donors (Lipinski definition) is 0. The number of aryl methyl sites for hydroxylation is 1. The number of morpholine rings is 1. The smallest absolute Gasteiger partial charge is 0.338 e. The highest BCUT2D eigenvalue weighted by Crippen LogP contribution is 2.31. The van der Waals surface area contributed by atoms with Gasteiger partial charge in [0.25, 0.3) is 11.2 Å². The second kappa shape index (κ2) is 11.0. The molecule has 5 rings (SSSR count). The molecule has 0 N–H and O–H groups in total. The second-order valence-electron chi connectivity index (χ2n) is 9.31. The van der Waals surface area contributed by atoms with Crippen LogP contribution in [0.3, 0.4) is 0 Å². The molecule has 39 heavy (non-hydrogen) atoms. The first kappa shape index (κ1) is 26.5. The minimum Gasteiger partial charge on any atom is -0.463 e. The molecule has 10 nitrogen and oxygen atoms in total. The number of thiazole rings is 1. The van der Waals surface area contributed by atoms with E-state index in [9.17, 15) is 19.7 Å². The highest BCUT2D eigenvalue weighted by molar-refractivity contribution is 7.07. The van der Waals surface area contributed by atoms with E-state index >= 15 is 0 Å². The maximum absolute atomic E-state index is 13.9. The van der Waals surface area contributed by atoms with Gasteiger partial charge in [-0.15, -0.1) is 0 Å². The van der Waals surface area contributed by atoms with Crippen LogP contribution >= 0.6 is 11.3 Å². The van der Waals surface area contributed by atoms with Gasteiger partial charge >= 0.3 is 5.97 Å². The first-order valence-electron chi connectivity index (χ1n) is 12.7. The third-order valence-electron chi connectivity index (χ3n) is 6.77. The molecule has 1 atom stereocenters. The number of nitro benzene ring substituents is 1. The topological polar surface area (TPSA) is 116 Å². The van der Waals surface area contributed by atoms with Crippen LogP contribution < -0.4 is 19.8 Å². The number of aromatic nitrogens is 1. The average molecular weight is 549 g/mol. The predicted octanol–water partition coefficient (Wildman–Crippen LogP) is 2.85. The van der Waals surface area contributed by atoms with E-state index in [1.165, 1.54) is 28.0 Å². The molecule has 0 unspecified atom stereocenters. The van der Waals surface area contributed by atoms with Gasteiger partial charge in [-0.1, -0.05) is 41.2 Å². The number of hydrogen-bond acceptors (Lipinski definition) is 9. The van der Waals surface area contributed by atoms with Gasteiger partial charge in [-0.2, -0.15) is 0 Å². The van der Waals surface area contributed by atoms with Gasteiger partial charge < -0.3 is 14.4 Å². The van der Waals surface area contributed by atoms with Crippen molar-refractivity contribution in [3.05, 3.63) is 100 Å². The lowest BCUT2D eigenvalue weighted by Crippen LogP contribution is -2.40. The summed E-state index contributed by atoms with van der Waals surface area (Å²) in [7, 11) is 0. The Bertz CT molecular complexity index is 1650. The van der Waals surface area contributed by atoms with E-state index in [-0.39, 0.29) is 17.9 Å². The van der Waals surface area contributed by atoms with Crippen molar-refractivity contribution < 1.29 is 19.2 Å². The van der Waals surface area contributed by atoms with Crippen LogP contribution in [0.5, 0.6) is 0 Å². The Morgan fingerprint density at radius 1 is 1.21 bits per heavy atom. The number of carbonyl (C=O) groups is 1. The van der Waals surface area contributed by atoms with E-state index < -0.39 is 16.9 Å². The van der Waals surface area contributed by atoms with Gasteiger partial charge in [0.05, 0.1) is 46.6 Å². The molecule has 2 aliphatic heterocycles. The predicted molar refractivity (Wildman–Crippen MR) is 148 cm³/mol. The Kier molecular flexibility index (Phi) is 7.45. The molecule has 0 radical (unpaired) electrons. The summed E-state index contributed by atoms with van der Waals surface area (Å²) in [5, 5.41) is 11.6. The standard InChI is InChI=1S/C28H28N4O6S/c1-4-38-27(34)24-18(3)29-28-31(25(24)19-7-5-17(2)6-8-19)26(33)23(39-28)16-20-15-21(32(35)36)9-10-22(20)30-11-13-37-14-12-30/h5-10,15-16,25H,4,11-14H2,1-3H3/b23-16-/t25-/m0/s1. The lowest BCUT2D eigenvalue weighted by atomic mass is 9.95. The summed E-state index contributed by atoms with van der Waals surface area (Å²) >= 11 is 1.19. The number of benzene rings is 2. The summed E-state index contributed by atoms with van der Waals surface area (Å²) < 4.78 is 12.7. The molecular formula is C28H28N4O6S. The van der Waals surface area contributed by atoms with Crippen molar-refractivity contribution in [2.45, 2.75) is 26.8 Å². The van der Waals surface area contributed by atoms with Gasteiger partial charge in [0.15, 0.2) is 4.80 Å². The number of allylic oxidation sites excluding steroid dienone is 1. The minimum atomic E-state index is -0.716. The van der Waals surface area contributed by atoms with Gasteiger partial charge in [-0.3, -0.25) is 19.5 Å². The summed E-state index contributed by atoms with van der Waals surface area (Å²) in [6.07, 6.45) is 1.68. The van der Waals surface area contributed by atoms with Crippen molar-refractivity contribution in [3.8, 4) is 0 Å². The number of nitro groups is 1. The molecular weight excluding hydrogens is 520 g/mol. The molecule has 3 aromatic rings. The molecule has 0 bridgehead atoms. The number of esters is 1. The summed E-state index contributed by atoms with van der Waals surface area (Å²) in [5.74, 6) is -0.521. The largest absolute Gasteiger partial charge is 0.463 e. The van der Waals surface area contributed by atoms with Crippen molar-refractivity contribution in [1.82, 2.24) is 4.57 Å². The molecule has 3 heterocycles. The SMILES string of the molecule is CCOC(=O)C1=C(C)N=c2s/c(=C\c3cc([N+](=O)[O-])ccc3N3CCOCC3)c(=O)n2[C@H]1c1ccc(C)cc1. The zero-order valence-electron chi connectivity index (χ0n) is 21.9. The van der Waals surface area contributed by atoms with Crippen molar-refractivity contribution in [2.75, 3.05) is 37.8 Å². The Morgan fingerprint density at radius 2 is 1.92 bits per heavy atom. The summed E-state index contributed by atoms with van der Waals surface area (Å²) in [6, 6.07) is 11.6. The monoisotopic (exact) mass is 548 g/mol. The fourth-order valence-corrected chi connectivity index (χ4v) is 5.90. The normalized spacial score (nSPS) is 17.6. The van der Waals surface area contributed by atoms with Crippen molar-refractivity contribution in [2.24, 2.45) is 4.99 Å². The molecule has 11 heteroatoms. The third kappa shape index (κ3) is 5.15. The second-order valence-corrected chi connectivity index (χ2v) is 10.3. The summed E-state index contributed by atoms with van der Waals surface area (Å²) in [5.41, 5.74) is 3.54. The molecule has 1 aromatic heterocycles. The lowest BCUT2D eigenvalue weighted by Gasteiger charge is -2.30. The highest BCUT2D eigenvalue weighted by Gasteiger charge is 2.33. The Hall–Kier alpha value is -4.09. The minimum absolute atomic E-state index is 0.0657.